The van der Waals surface area contributed by atoms with Gasteiger partial charge in [0.1, 0.15) is 5.75 Å². The molecule has 94 valence electrons. The van der Waals surface area contributed by atoms with Crippen LogP contribution < -0.4 is 15.2 Å². The van der Waals surface area contributed by atoms with Gasteiger partial charge in [-0.25, -0.2) is 0 Å². The highest BCUT2D eigenvalue weighted by Crippen LogP contribution is 2.24. The predicted molar refractivity (Wildman–Crippen MR) is 66.7 cm³/mol. The van der Waals surface area contributed by atoms with Crippen LogP contribution in [-0.4, -0.2) is 22.1 Å². The maximum atomic E-state index is 5.60. The predicted octanol–water partition coefficient (Wildman–Crippen LogP) is 1.82. The second kappa shape index (κ2) is 5.31. The number of nitrogens with zero attached hydrogens (tertiary/aromatic N) is 3. The average molecular weight is 246 g/mol. The highest BCUT2D eigenvalue weighted by atomic mass is 16.5. The van der Waals surface area contributed by atoms with Gasteiger partial charge < -0.3 is 15.2 Å². The van der Waals surface area contributed by atoms with E-state index in [1.165, 1.54) is 7.11 Å². The van der Waals surface area contributed by atoms with Crippen molar-refractivity contribution in [3.63, 3.8) is 0 Å². The standard InChI is InChI=1S/C12H14N4O2/c1-3-8-6-4-5-7-9(8)18-12-15-10(13)14-11(16-12)17-2/h4-7H,3H2,1-2H3,(H2,13,14,15,16). The van der Waals surface area contributed by atoms with Gasteiger partial charge in [0, 0.05) is 0 Å². The van der Waals surface area contributed by atoms with Gasteiger partial charge in [-0.2, -0.15) is 9.97 Å². The van der Waals surface area contributed by atoms with Gasteiger partial charge in [0.2, 0.25) is 5.95 Å². The molecule has 0 amide bonds. The third-order valence-electron chi connectivity index (χ3n) is 2.35. The van der Waals surface area contributed by atoms with Crippen LogP contribution in [0, 0.1) is 0 Å². The van der Waals surface area contributed by atoms with E-state index in [0.717, 1.165) is 12.0 Å². The molecule has 0 unspecified atom stereocenters. The number of rotatable bonds is 4. The summed E-state index contributed by atoms with van der Waals surface area (Å²) in [5.41, 5.74) is 6.60. The molecule has 0 aliphatic rings. The van der Waals surface area contributed by atoms with Crippen LogP contribution in [0.1, 0.15) is 12.5 Å². The van der Waals surface area contributed by atoms with Crippen LogP contribution >= 0.6 is 0 Å². The summed E-state index contributed by atoms with van der Waals surface area (Å²) in [6, 6.07) is 7.93. The lowest BCUT2D eigenvalue weighted by Crippen LogP contribution is -2.03. The van der Waals surface area contributed by atoms with Crippen LogP contribution in [0.3, 0.4) is 0 Å². The summed E-state index contributed by atoms with van der Waals surface area (Å²) in [6.45, 7) is 2.05. The minimum absolute atomic E-state index is 0.0610. The lowest BCUT2D eigenvalue weighted by Gasteiger charge is -2.08. The largest absolute Gasteiger partial charge is 0.467 e. The van der Waals surface area contributed by atoms with Gasteiger partial charge in [-0.1, -0.05) is 25.1 Å². The van der Waals surface area contributed by atoms with Crippen LogP contribution in [0.4, 0.5) is 5.95 Å². The van der Waals surface area contributed by atoms with Gasteiger partial charge in [0.05, 0.1) is 7.11 Å². The van der Waals surface area contributed by atoms with E-state index in [0.29, 0.717) is 5.75 Å². The van der Waals surface area contributed by atoms with E-state index >= 15 is 0 Å². The van der Waals surface area contributed by atoms with E-state index < -0.39 is 0 Å². The second-order valence-corrected chi connectivity index (χ2v) is 3.53. The Balaban J connectivity index is 2.30. The minimum atomic E-state index is 0.0610. The van der Waals surface area contributed by atoms with E-state index in [1.54, 1.807) is 0 Å². The number of aryl methyl sites for hydroxylation is 1. The van der Waals surface area contributed by atoms with Gasteiger partial charge in [-0.15, -0.1) is 4.98 Å². The molecule has 1 heterocycles. The summed E-state index contributed by atoms with van der Waals surface area (Å²) in [6.07, 6.45) is 0.855. The Hall–Kier alpha value is -2.37. The van der Waals surface area contributed by atoms with Crippen molar-refractivity contribution in [2.24, 2.45) is 0 Å². The molecule has 0 saturated carbocycles. The van der Waals surface area contributed by atoms with Crippen LogP contribution in [0.2, 0.25) is 0 Å². The molecule has 2 aromatic rings. The summed E-state index contributed by atoms with van der Waals surface area (Å²) in [7, 11) is 1.46. The maximum Gasteiger partial charge on any atom is 0.330 e. The zero-order chi connectivity index (χ0) is 13.0. The molecule has 1 aromatic heterocycles. The first-order valence-corrected chi connectivity index (χ1v) is 5.54. The molecule has 0 aliphatic heterocycles. The Morgan fingerprint density at radius 2 is 1.83 bits per heavy atom. The molecular weight excluding hydrogens is 232 g/mol. The average Bonchev–Trinajstić information content (AvgIpc) is 2.38. The fourth-order valence-electron chi connectivity index (χ4n) is 1.48. The lowest BCUT2D eigenvalue weighted by molar-refractivity contribution is 0.359. The highest BCUT2D eigenvalue weighted by Gasteiger charge is 2.08. The fraction of sp³-hybridized carbons (Fsp3) is 0.250. The van der Waals surface area contributed by atoms with Crippen LogP contribution in [0.25, 0.3) is 0 Å². The quantitative estimate of drug-likeness (QED) is 0.885. The van der Waals surface area contributed by atoms with Crippen molar-refractivity contribution < 1.29 is 9.47 Å². The van der Waals surface area contributed by atoms with Crippen molar-refractivity contribution in [2.45, 2.75) is 13.3 Å². The third kappa shape index (κ3) is 2.65. The third-order valence-corrected chi connectivity index (χ3v) is 2.35. The van der Waals surface area contributed by atoms with E-state index in [2.05, 4.69) is 15.0 Å². The number of nitrogen functional groups attached to an aromatic ring is 1. The van der Waals surface area contributed by atoms with Crippen LogP contribution in [0.15, 0.2) is 24.3 Å². The molecule has 0 fully saturated rings. The SMILES string of the molecule is CCc1ccccc1Oc1nc(N)nc(OC)n1. The molecule has 1 aromatic carbocycles. The van der Waals surface area contributed by atoms with Gasteiger partial charge in [0.25, 0.3) is 0 Å². The summed E-state index contributed by atoms with van der Waals surface area (Å²) in [5, 5.41) is 0. The minimum Gasteiger partial charge on any atom is -0.467 e. The number of aromatic nitrogens is 3. The van der Waals surface area contributed by atoms with Crippen LogP contribution in [-0.2, 0) is 6.42 Å². The Bertz CT molecular complexity index is 545. The first kappa shape index (κ1) is 12.1. The van der Waals surface area contributed by atoms with Crippen LogP contribution in [0.5, 0.6) is 17.8 Å². The molecule has 2 N–H and O–H groups in total. The number of para-hydroxylation sites is 1. The molecule has 0 bridgehead atoms. The molecule has 18 heavy (non-hydrogen) atoms. The number of hydrogen-bond donors (Lipinski definition) is 1. The highest BCUT2D eigenvalue weighted by molar-refractivity contribution is 5.35. The van der Waals surface area contributed by atoms with Gasteiger partial charge >= 0.3 is 12.0 Å². The molecule has 0 spiro atoms. The summed E-state index contributed by atoms with van der Waals surface area (Å²) in [5.74, 6) is 0.762. The Kier molecular flexibility index (Phi) is 3.57. The van der Waals surface area contributed by atoms with E-state index in [4.69, 9.17) is 15.2 Å². The molecule has 2 rings (SSSR count). The van der Waals surface area contributed by atoms with E-state index in [-0.39, 0.29) is 18.0 Å². The number of methoxy groups -OCH3 is 1. The van der Waals surface area contributed by atoms with Gasteiger partial charge in [-0.05, 0) is 18.1 Å². The number of ether oxygens (including phenoxy) is 2. The van der Waals surface area contributed by atoms with Crippen molar-refractivity contribution in [1.82, 2.24) is 15.0 Å². The van der Waals surface area contributed by atoms with Gasteiger partial charge in [0.15, 0.2) is 0 Å². The van der Waals surface area contributed by atoms with Crippen molar-refractivity contribution in [2.75, 3.05) is 12.8 Å². The number of hydrogen-bond acceptors (Lipinski definition) is 6. The Labute approximate surface area is 105 Å². The normalized spacial score (nSPS) is 10.1. The molecule has 0 saturated heterocycles. The molecule has 0 aliphatic carbocycles. The fourth-order valence-corrected chi connectivity index (χ4v) is 1.48. The first-order chi connectivity index (χ1) is 8.72. The monoisotopic (exact) mass is 246 g/mol. The topological polar surface area (TPSA) is 83.2 Å². The summed E-state index contributed by atoms with van der Waals surface area (Å²) in [4.78, 5) is 11.7. The van der Waals surface area contributed by atoms with Gasteiger partial charge in [-0.3, -0.25) is 0 Å². The van der Waals surface area contributed by atoms with Crippen molar-refractivity contribution in [3.8, 4) is 17.8 Å². The van der Waals surface area contributed by atoms with E-state index in [1.807, 2.05) is 31.2 Å². The van der Waals surface area contributed by atoms with Crippen molar-refractivity contribution >= 4 is 5.95 Å². The van der Waals surface area contributed by atoms with Crippen molar-refractivity contribution in [1.29, 1.82) is 0 Å². The Morgan fingerprint density at radius 1 is 1.11 bits per heavy atom. The number of anilines is 1. The zero-order valence-electron chi connectivity index (χ0n) is 10.3. The van der Waals surface area contributed by atoms with E-state index in [9.17, 15) is 0 Å². The molecular formula is C12H14N4O2. The number of nitrogens with two attached hydrogens (primary N) is 1. The molecule has 6 heteroatoms. The number of benzene rings is 1. The second-order valence-electron chi connectivity index (χ2n) is 3.53. The zero-order valence-corrected chi connectivity index (χ0v) is 10.3. The Morgan fingerprint density at radius 3 is 2.56 bits per heavy atom. The lowest BCUT2D eigenvalue weighted by atomic mass is 10.1. The maximum absolute atomic E-state index is 5.60. The van der Waals surface area contributed by atoms with Crippen molar-refractivity contribution in [3.05, 3.63) is 29.8 Å². The smallest absolute Gasteiger partial charge is 0.330 e. The molecule has 6 nitrogen and oxygen atoms in total. The first-order valence-electron chi connectivity index (χ1n) is 5.54. The molecule has 0 radical (unpaired) electrons. The summed E-state index contributed by atoms with van der Waals surface area (Å²) < 4.78 is 10.5. The molecule has 0 atom stereocenters. The summed E-state index contributed by atoms with van der Waals surface area (Å²) >= 11 is 0.